The fourth-order valence-corrected chi connectivity index (χ4v) is 5.36. The van der Waals surface area contributed by atoms with Crippen molar-refractivity contribution in [3.8, 4) is 0 Å². The summed E-state index contributed by atoms with van der Waals surface area (Å²) in [4.78, 5) is 14.1. The van der Waals surface area contributed by atoms with Crippen molar-refractivity contribution < 1.29 is 22.7 Å². The summed E-state index contributed by atoms with van der Waals surface area (Å²) in [7, 11) is 1.23. The molecule has 1 heterocycles. The van der Waals surface area contributed by atoms with Crippen LogP contribution in [-0.2, 0) is 9.53 Å². The highest BCUT2D eigenvalue weighted by Crippen LogP contribution is 2.48. The van der Waals surface area contributed by atoms with Crippen LogP contribution in [0.4, 0.5) is 13.2 Å². The molecule has 0 fully saturated rings. The van der Waals surface area contributed by atoms with E-state index in [0.717, 1.165) is 28.5 Å². The molecule has 0 saturated carbocycles. The Bertz CT molecular complexity index is 1010. The van der Waals surface area contributed by atoms with Crippen LogP contribution in [0.3, 0.4) is 0 Å². The van der Waals surface area contributed by atoms with Gasteiger partial charge in [-0.15, -0.1) is 11.8 Å². The van der Waals surface area contributed by atoms with Crippen molar-refractivity contribution in [1.29, 1.82) is 0 Å². The van der Waals surface area contributed by atoms with Gasteiger partial charge < -0.3 is 4.74 Å². The van der Waals surface area contributed by atoms with E-state index in [-0.39, 0.29) is 23.7 Å². The highest BCUT2D eigenvalue weighted by Gasteiger charge is 2.40. The Morgan fingerprint density at radius 2 is 1.97 bits per heavy atom. The Kier molecular flexibility index (Phi) is 7.96. The van der Waals surface area contributed by atoms with Crippen LogP contribution in [0.15, 0.2) is 52.5 Å². The molecule has 1 aromatic carbocycles. The highest BCUT2D eigenvalue weighted by molar-refractivity contribution is 8.02. The summed E-state index contributed by atoms with van der Waals surface area (Å²) in [5, 5.41) is 0. The molecule has 2 atom stereocenters. The molecule has 1 aliphatic carbocycles. The Morgan fingerprint density at radius 3 is 2.48 bits per heavy atom. The minimum absolute atomic E-state index is 0.0356. The summed E-state index contributed by atoms with van der Waals surface area (Å²) in [6, 6.07) is 1.51. The van der Waals surface area contributed by atoms with Gasteiger partial charge in [0.1, 0.15) is 17.3 Å². The topological polar surface area (TPSA) is 29.5 Å². The van der Waals surface area contributed by atoms with Gasteiger partial charge in [0, 0.05) is 29.1 Å². The second-order valence-electron chi connectivity index (χ2n) is 8.95. The van der Waals surface area contributed by atoms with Gasteiger partial charge in [-0.2, -0.15) is 0 Å². The van der Waals surface area contributed by atoms with E-state index in [4.69, 9.17) is 0 Å². The zero-order valence-corrected chi connectivity index (χ0v) is 20.4. The molecule has 3 rings (SSSR count). The molecule has 3 nitrogen and oxygen atoms in total. The Morgan fingerprint density at radius 1 is 1.30 bits per heavy atom. The number of allylic oxidation sites excluding steroid dienone is 4. The predicted octanol–water partition coefficient (Wildman–Crippen LogP) is 6.54. The number of rotatable bonds is 7. The fourth-order valence-electron chi connectivity index (χ4n) is 4.43. The van der Waals surface area contributed by atoms with Crippen molar-refractivity contribution in [2.75, 3.05) is 19.9 Å². The molecule has 0 saturated heterocycles. The van der Waals surface area contributed by atoms with Crippen LogP contribution in [0, 0.1) is 11.6 Å². The Labute approximate surface area is 198 Å². The summed E-state index contributed by atoms with van der Waals surface area (Å²) < 4.78 is 50.3. The number of carbonyl (C=O) groups is 1. The first-order chi connectivity index (χ1) is 15.6. The van der Waals surface area contributed by atoms with E-state index < -0.39 is 29.3 Å². The number of carbonyl (C=O) groups excluding carboxylic acids is 1. The average Bonchev–Trinajstić information content (AvgIpc) is 3.27. The van der Waals surface area contributed by atoms with E-state index in [2.05, 4.69) is 16.9 Å². The van der Waals surface area contributed by atoms with E-state index in [1.807, 2.05) is 24.2 Å². The molecule has 0 N–H and O–H groups in total. The van der Waals surface area contributed by atoms with Crippen molar-refractivity contribution in [2.45, 2.75) is 51.4 Å². The smallest absolute Gasteiger partial charge is 0.330 e. The number of ether oxygens (including phenoxy) is 1. The van der Waals surface area contributed by atoms with Crippen molar-refractivity contribution in [3.05, 3.63) is 75.2 Å². The number of hydrogen-bond donors (Lipinski definition) is 0. The van der Waals surface area contributed by atoms with Crippen LogP contribution in [0.5, 0.6) is 0 Å². The first-order valence-corrected chi connectivity index (χ1v) is 12.1. The van der Waals surface area contributed by atoms with Gasteiger partial charge in [-0.25, -0.2) is 18.0 Å². The zero-order chi connectivity index (χ0) is 24.3. The van der Waals surface area contributed by atoms with Crippen molar-refractivity contribution in [2.24, 2.45) is 0 Å². The summed E-state index contributed by atoms with van der Waals surface area (Å²) in [6.45, 7) is 4.96. The van der Waals surface area contributed by atoms with Crippen LogP contribution in [0.1, 0.15) is 50.8 Å². The lowest BCUT2D eigenvalue weighted by Crippen LogP contribution is -2.47. The maximum atomic E-state index is 15.5. The van der Waals surface area contributed by atoms with Crippen molar-refractivity contribution >= 4 is 23.8 Å². The number of esters is 1. The molecular weight excluding hydrogens is 447 g/mol. The quantitative estimate of drug-likeness (QED) is 0.330. The number of halogens is 3. The van der Waals surface area contributed by atoms with Gasteiger partial charge in [0.15, 0.2) is 0 Å². The largest absolute Gasteiger partial charge is 0.466 e. The van der Waals surface area contributed by atoms with Crippen LogP contribution >= 0.6 is 11.8 Å². The molecule has 7 heteroatoms. The number of benzene rings is 1. The van der Waals surface area contributed by atoms with Gasteiger partial charge in [-0.1, -0.05) is 18.2 Å². The normalized spacial score (nSPS) is 21.8. The van der Waals surface area contributed by atoms with Crippen LogP contribution in [0.25, 0.3) is 6.08 Å². The van der Waals surface area contributed by atoms with Gasteiger partial charge in [-0.05, 0) is 74.8 Å². The third kappa shape index (κ3) is 5.82. The molecule has 2 unspecified atom stereocenters. The molecule has 178 valence electrons. The number of alkyl halides is 1. The molecule has 0 amide bonds. The van der Waals surface area contributed by atoms with Crippen molar-refractivity contribution in [1.82, 2.24) is 4.90 Å². The molecule has 0 bridgehead atoms. The van der Waals surface area contributed by atoms with Crippen LogP contribution in [-0.4, -0.2) is 42.5 Å². The average molecular weight is 478 g/mol. The summed E-state index contributed by atoms with van der Waals surface area (Å²) in [6.07, 6.45) is 12.0. The fraction of sp³-hybridized carbons (Fsp3) is 0.423. The zero-order valence-electron chi connectivity index (χ0n) is 19.6. The number of hydrogen-bond acceptors (Lipinski definition) is 4. The van der Waals surface area contributed by atoms with Crippen LogP contribution < -0.4 is 0 Å². The van der Waals surface area contributed by atoms with E-state index in [9.17, 15) is 9.18 Å². The molecule has 33 heavy (non-hydrogen) atoms. The van der Waals surface area contributed by atoms with Gasteiger partial charge in [-0.3, -0.25) is 4.90 Å². The standard InChI is InChI=1S/C26H30F3NO2S/c1-16-12-19(18-8-6-7-9-18)25(33-5)24(30(16)15-26(2,3)29)23-20(27)13-17(14-21(23)28)10-11-22(31)32-4/h6,8-11,13-14,16,24H,7,12,15H2,1-5H3/b11-10+. The first kappa shape index (κ1) is 25.4. The number of nitrogens with zero attached hydrogens (tertiary/aromatic N) is 1. The molecule has 2 aliphatic rings. The van der Waals surface area contributed by atoms with Gasteiger partial charge in [0.05, 0.1) is 13.2 Å². The van der Waals surface area contributed by atoms with Gasteiger partial charge in [0.2, 0.25) is 0 Å². The first-order valence-electron chi connectivity index (χ1n) is 10.9. The number of thioether (sulfide) groups is 1. The summed E-state index contributed by atoms with van der Waals surface area (Å²) in [5.41, 5.74) is 0.669. The molecule has 0 spiro atoms. The second kappa shape index (κ2) is 10.3. The van der Waals surface area contributed by atoms with E-state index in [1.165, 1.54) is 50.9 Å². The van der Waals surface area contributed by atoms with E-state index >= 15 is 8.78 Å². The minimum Gasteiger partial charge on any atom is -0.466 e. The van der Waals surface area contributed by atoms with Crippen LogP contribution in [0.2, 0.25) is 0 Å². The lowest BCUT2D eigenvalue weighted by molar-refractivity contribution is -0.134. The predicted molar refractivity (Wildman–Crippen MR) is 129 cm³/mol. The van der Waals surface area contributed by atoms with Gasteiger partial charge >= 0.3 is 5.97 Å². The van der Waals surface area contributed by atoms with Gasteiger partial charge in [0.25, 0.3) is 0 Å². The van der Waals surface area contributed by atoms with E-state index in [0.29, 0.717) is 6.42 Å². The third-order valence-electron chi connectivity index (χ3n) is 5.83. The maximum Gasteiger partial charge on any atom is 0.330 e. The molecule has 0 radical (unpaired) electrons. The molecular formula is C26H30F3NO2S. The van der Waals surface area contributed by atoms with E-state index in [1.54, 1.807) is 0 Å². The minimum atomic E-state index is -1.55. The molecule has 0 aromatic heterocycles. The monoisotopic (exact) mass is 477 g/mol. The maximum absolute atomic E-state index is 15.5. The summed E-state index contributed by atoms with van der Waals surface area (Å²) in [5.74, 6) is -2.09. The highest BCUT2D eigenvalue weighted by atomic mass is 32.2. The summed E-state index contributed by atoms with van der Waals surface area (Å²) >= 11 is 1.45. The number of methoxy groups -OCH3 is 1. The SMILES string of the molecule is COC(=O)/C=C/c1cc(F)c(C2C(SC)=C(C3=CCC=C3)CC(C)N2CC(C)(C)F)c(F)c1. The Hall–Kier alpha value is -2.25. The Balaban J connectivity index is 2.17. The second-order valence-corrected chi connectivity index (χ2v) is 9.79. The lowest BCUT2D eigenvalue weighted by atomic mass is 9.86. The lowest BCUT2D eigenvalue weighted by Gasteiger charge is -2.45. The molecule has 1 aromatic rings. The van der Waals surface area contributed by atoms with Crippen molar-refractivity contribution in [3.63, 3.8) is 0 Å². The molecule has 1 aliphatic heterocycles. The third-order valence-corrected chi connectivity index (χ3v) is 6.74.